The number of alkyl halides is 2. The maximum absolute atomic E-state index is 14.6. The number of nitrogens with zero attached hydrogens (tertiary/aromatic N) is 4. The van der Waals surface area contributed by atoms with Crippen LogP contribution < -0.4 is 5.32 Å². The Balaban J connectivity index is 1.68. The lowest BCUT2D eigenvalue weighted by atomic mass is 9.92. The van der Waals surface area contributed by atoms with E-state index in [-0.39, 0.29) is 17.3 Å². The summed E-state index contributed by atoms with van der Waals surface area (Å²) in [5, 5.41) is 23.5. The Hall–Kier alpha value is -2.89. The van der Waals surface area contributed by atoms with E-state index in [1.54, 1.807) is 19.1 Å². The van der Waals surface area contributed by atoms with Crippen molar-refractivity contribution in [2.24, 2.45) is 0 Å². The summed E-state index contributed by atoms with van der Waals surface area (Å²) in [4.78, 5) is 13.2. The van der Waals surface area contributed by atoms with Gasteiger partial charge in [0.05, 0.1) is 16.9 Å². The molecule has 9 heteroatoms. The van der Waals surface area contributed by atoms with Crippen molar-refractivity contribution in [1.29, 1.82) is 5.26 Å². The Morgan fingerprint density at radius 1 is 1.22 bits per heavy atom. The first kappa shape index (κ1) is 22.3. The highest BCUT2D eigenvalue weighted by Gasteiger charge is 2.47. The number of nitrogens with one attached hydrogen (secondary N) is 1. The van der Waals surface area contributed by atoms with Gasteiger partial charge in [-0.1, -0.05) is 29.8 Å². The van der Waals surface area contributed by atoms with Crippen LogP contribution in [0.2, 0.25) is 5.15 Å². The number of pyridine rings is 1. The first-order chi connectivity index (χ1) is 15.0. The van der Waals surface area contributed by atoms with Crippen LogP contribution in [0.3, 0.4) is 0 Å². The highest BCUT2D eigenvalue weighted by atomic mass is 35.5. The molecule has 0 spiro atoms. The van der Waals surface area contributed by atoms with E-state index in [9.17, 15) is 19.1 Å². The molecule has 1 saturated carbocycles. The molecule has 1 aliphatic carbocycles. The molecule has 0 saturated heterocycles. The van der Waals surface area contributed by atoms with E-state index >= 15 is 0 Å². The second-order valence-corrected chi connectivity index (χ2v) is 9.06. The zero-order chi connectivity index (χ0) is 23.3. The predicted octanol–water partition coefficient (Wildman–Crippen LogP) is 5.02. The minimum absolute atomic E-state index is 0.211. The topological polar surface area (TPSA) is 94.7 Å². The molecule has 0 unspecified atom stereocenters. The van der Waals surface area contributed by atoms with E-state index in [1.807, 2.05) is 0 Å². The Kier molecular flexibility index (Phi) is 5.30. The fourth-order valence-corrected chi connectivity index (χ4v) is 3.91. The third-order valence-electron chi connectivity index (χ3n) is 5.75. The van der Waals surface area contributed by atoms with Crippen molar-refractivity contribution in [3.63, 3.8) is 0 Å². The molecule has 4 rings (SSSR count). The number of anilines is 1. The van der Waals surface area contributed by atoms with Gasteiger partial charge in [-0.25, -0.2) is 15.0 Å². The molecule has 1 aliphatic rings. The van der Waals surface area contributed by atoms with Gasteiger partial charge >= 0.3 is 5.92 Å². The minimum Gasteiger partial charge on any atom is -0.384 e. The van der Waals surface area contributed by atoms with Crippen molar-refractivity contribution in [2.45, 2.75) is 57.1 Å². The van der Waals surface area contributed by atoms with E-state index in [1.165, 1.54) is 18.2 Å². The van der Waals surface area contributed by atoms with Gasteiger partial charge in [-0.15, -0.1) is 0 Å². The lowest BCUT2D eigenvalue weighted by molar-refractivity contribution is -0.168. The molecule has 0 radical (unpaired) electrons. The second-order valence-electron chi connectivity index (χ2n) is 8.70. The van der Waals surface area contributed by atoms with Crippen molar-refractivity contribution in [3.05, 3.63) is 58.0 Å². The molecule has 1 aromatic carbocycles. The zero-order valence-electron chi connectivity index (χ0n) is 17.9. The second kappa shape index (κ2) is 7.61. The fraction of sp³-hybridized carbons (Fsp3) is 0.391. The summed E-state index contributed by atoms with van der Waals surface area (Å²) in [5.74, 6) is -2.46. The van der Waals surface area contributed by atoms with Crippen LogP contribution in [0.5, 0.6) is 0 Å². The molecular weight excluding hydrogens is 436 g/mol. The minimum atomic E-state index is -3.41. The summed E-state index contributed by atoms with van der Waals surface area (Å²) in [6, 6.07) is 10.00. The number of fused-ring (bicyclic) bond motifs is 1. The Morgan fingerprint density at radius 3 is 2.56 bits per heavy atom. The molecule has 0 aliphatic heterocycles. The summed E-state index contributed by atoms with van der Waals surface area (Å²) in [7, 11) is 0. The normalized spacial score (nSPS) is 15.4. The van der Waals surface area contributed by atoms with Gasteiger partial charge in [0.2, 0.25) is 0 Å². The monoisotopic (exact) mass is 457 g/mol. The maximum atomic E-state index is 14.6. The van der Waals surface area contributed by atoms with Crippen molar-refractivity contribution in [1.82, 2.24) is 15.0 Å². The standard InChI is InChI=1S/C23H22ClF2N5O/c1-13-29-19(16-10-17(22(12-27)7-8-22)18(24)31-20(16)30-13)28-11-14-5-4-6-15(9-14)23(25,26)21(2,3)32/h4-6,9-10,32H,7-8,11H2,1-3H3,(H,28,29,30,31). The largest absolute Gasteiger partial charge is 0.384 e. The molecule has 0 amide bonds. The quantitative estimate of drug-likeness (QED) is 0.505. The average Bonchev–Trinajstić information content (AvgIpc) is 3.52. The lowest BCUT2D eigenvalue weighted by Gasteiger charge is -2.29. The molecule has 0 bridgehead atoms. The third-order valence-corrected chi connectivity index (χ3v) is 6.04. The number of rotatable bonds is 6. The number of nitriles is 1. The van der Waals surface area contributed by atoms with Crippen LogP contribution in [0.25, 0.3) is 11.0 Å². The van der Waals surface area contributed by atoms with Gasteiger partial charge in [-0.05, 0) is 51.3 Å². The molecule has 32 heavy (non-hydrogen) atoms. The summed E-state index contributed by atoms with van der Waals surface area (Å²) < 4.78 is 29.1. The summed E-state index contributed by atoms with van der Waals surface area (Å²) in [6.45, 7) is 4.09. The third kappa shape index (κ3) is 3.87. The number of aryl methyl sites for hydroxylation is 1. The number of hydrogen-bond donors (Lipinski definition) is 2. The number of halogens is 3. The van der Waals surface area contributed by atoms with Crippen LogP contribution in [0, 0.1) is 18.3 Å². The Labute approximate surface area is 189 Å². The number of aliphatic hydroxyl groups is 1. The van der Waals surface area contributed by atoms with Gasteiger partial charge in [-0.2, -0.15) is 14.0 Å². The molecule has 2 N–H and O–H groups in total. The molecular formula is C23H22ClF2N5O. The van der Waals surface area contributed by atoms with Crippen LogP contribution in [0.4, 0.5) is 14.6 Å². The highest BCUT2D eigenvalue weighted by Crippen LogP contribution is 2.50. The van der Waals surface area contributed by atoms with Gasteiger partial charge in [0, 0.05) is 17.7 Å². The lowest BCUT2D eigenvalue weighted by Crippen LogP contribution is -2.40. The number of hydrogen-bond acceptors (Lipinski definition) is 6. The number of benzene rings is 1. The van der Waals surface area contributed by atoms with E-state index < -0.39 is 16.9 Å². The smallest absolute Gasteiger partial charge is 0.300 e. The SMILES string of the molecule is Cc1nc(NCc2cccc(C(F)(F)C(C)(C)O)c2)c2cc(C3(C#N)CC3)c(Cl)nc2n1. The number of aromatic nitrogens is 3. The van der Waals surface area contributed by atoms with Gasteiger partial charge in [-0.3, -0.25) is 0 Å². The van der Waals surface area contributed by atoms with Gasteiger partial charge in [0.25, 0.3) is 0 Å². The van der Waals surface area contributed by atoms with Gasteiger partial charge < -0.3 is 10.4 Å². The van der Waals surface area contributed by atoms with Crippen LogP contribution >= 0.6 is 11.6 Å². The first-order valence-corrected chi connectivity index (χ1v) is 10.5. The molecule has 2 heterocycles. The van der Waals surface area contributed by atoms with Crippen LogP contribution in [0.1, 0.15) is 49.2 Å². The average molecular weight is 458 g/mol. The van der Waals surface area contributed by atoms with Gasteiger partial charge in [0.1, 0.15) is 22.4 Å². The van der Waals surface area contributed by atoms with Crippen LogP contribution in [-0.2, 0) is 17.9 Å². The van der Waals surface area contributed by atoms with E-state index in [4.69, 9.17) is 11.6 Å². The zero-order valence-corrected chi connectivity index (χ0v) is 18.6. The summed E-state index contributed by atoms with van der Waals surface area (Å²) >= 11 is 6.35. The van der Waals surface area contributed by atoms with Crippen molar-refractivity contribution < 1.29 is 13.9 Å². The van der Waals surface area contributed by atoms with Crippen molar-refractivity contribution >= 4 is 28.5 Å². The molecule has 0 atom stereocenters. The van der Waals surface area contributed by atoms with Crippen LogP contribution in [0.15, 0.2) is 30.3 Å². The van der Waals surface area contributed by atoms with E-state index in [2.05, 4.69) is 26.3 Å². The molecule has 1 fully saturated rings. The van der Waals surface area contributed by atoms with Crippen molar-refractivity contribution in [3.8, 4) is 6.07 Å². The Morgan fingerprint density at radius 2 is 1.94 bits per heavy atom. The van der Waals surface area contributed by atoms with Gasteiger partial charge in [0.15, 0.2) is 5.65 Å². The molecule has 166 valence electrons. The van der Waals surface area contributed by atoms with Crippen LogP contribution in [-0.4, -0.2) is 25.7 Å². The molecule has 3 aromatic rings. The molecule has 2 aromatic heterocycles. The molecule has 6 nitrogen and oxygen atoms in total. The fourth-order valence-electron chi connectivity index (χ4n) is 3.59. The van der Waals surface area contributed by atoms with E-state index in [0.29, 0.717) is 46.6 Å². The summed E-state index contributed by atoms with van der Waals surface area (Å²) in [6.07, 6.45) is 1.43. The maximum Gasteiger partial charge on any atom is 0.300 e. The van der Waals surface area contributed by atoms with Crippen molar-refractivity contribution in [2.75, 3.05) is 5.32 Å². The predicted molar refractivity (Wildman–Crippen MR) is 118 cm³/mol. The first-order valence-electron chi connectivity index (χ1n) is 10.2. The Bertz CT molecular complexity index is 1250. The summed E-state index contributed by atoms with van der Waals surface area (Å²) in [5.41, 5.74) is -1.46. The highest BCUT2D eigenvalue weighted by molar-refractivity contribution is 6.30. The van der Waals surface area contributed by atoms with E-state index in [0.717, 1.165) is 13.8 Å².